The zero-order valence-corrected chi connectivity index (χ0v) is 32.6. The van der Waals surface area contributed by atoms with Gasteiger partial charge in [0.15, 0.2) is 8.32 Å². The maximum Gasteiger partial charge on any atom is 0.408 e. The Bertz CT molecular complexity index is 1740. The number of hydrogen-bond donors (Lipinski definition) is 3. The Hall–Kier alpha value is -3.72. The number of hydrogen-bond acceptors (Lipinski definition) is 9. The Morgan fingerprint density at radius 2 is 1.77 bits per heavy atom. The van der Waals surface area contributed by atoms with Gasteiger partial charge in [-0.05, 0) is 74.8 Å². The predicted molar refractivity (Wildman–Crippen MR) is 197 cm³/mol. The molecule has 1 unspecified atom stereocenters. The number of anilines is 2. The van der Waals surface area contributed by atoms with E-state index in [0.29, 0.717) is 24.5 Å². The minimum atomic E-state index is -2.22. The van der Waals surface area contributed by atoms with E-state index in [1.54, 1.807) is 12.4 Å². The summed E-state index contributed by atoms with van der Waals surface area (Å²) in [5.41, 5.74) is -1.47. The Kier molecular flexibility index (Phi) is 11.4. The molecule has 2 aromatic heterocycles. The van der Waals surface area contributed by atoms with E-state index < -0.39 is 60.4 Å². The van der Waals surface area contributed by atoms with Crippen molar-refractivity contribution in [1.29, 1.82) is 0 Å². The first kappa shape index (κ1) is 39.5. The third-order valence-corrected chi connectivity index (χ3v) is 14.6. The molecule has 0 bridgehead atoms. The number of rotatable bonds is 9. The highest BCUT2D eigenvalue weighted by Gasteiger charge is 2.45. The molecule has 2 saturated heterocycles. The Morgan fingerprint density at radius 3 is 2.38 bits per heavy atom. The van der Waals surface area contributed by atoms with Crippen molar-refractivity contribution in [2.75, 3.05) is 36.5 Å². The first-order valence-electron chi connectivity index (χ1n) is 17.7. The van der Waals surface area contributed by atoms with Crippen molar-refractivity contribution < 1.29 is 37.0 Å². The van der Waals surface area contributed by atoms with Crippen molar-refractivity contribution in [2.24, 2.45) is 5.92 Å². The third kappa shape index (κ3) is 8.89. The molecular formula is C38H52F3N5O5Si. The fourth-order valence-electron chi connectivity index (χ4n) is 6.35. The van der Waals surface area contributed by atoms with Crippen LogP contribution in [0, 0.1) is 23.4 Å². The number of alkyl carbamates (subject to hydrolysis) is 1. The van der Waals surface area contributed by atoms with E-state index >= 15 is 13.2 Å². The monoisotopic (exact) mass is 743 g/mol. The van der Waals surface area contributed by atoms with Crippen LogP contribution in [0.25, 0.3) is 11.3 Å². The van der Waals surface area contributed by atoms with E-state index in [1.165, 1.54) is 6.07 Å². The molecule has 0 spiro atoms. The van der Waals surface area contributed by atoms with Gasteiger partial charge in [-0.2, -0.15) is 0 Å². The summed E-state index contributed by atoms with van der Waals surface area (Å²) in [6.45, 7) is 19.8. The maximum atomic E-state index is 15.4. The quantitative estimate of drug-likeness (QED) is 0.191. The van der Waals surface area contributed by atoms with Gasteiger partial charge in [0.25, 0.3) is 0 Å². The van der Waals surface area contributed by atoms with Crippen LogP contribution in [0.4, 0.5) is 29.3 Å². The molecule has 2 fully saturated rings. The molecule has 10 nitrogen and oxygen atoms in total. The van der Waals surface area contributed by atoms with Gasteiger partial charge >= 0.3 is 6.09 Å². The standard InChI is InChI=1S/C38H52F3N5O5Si/c1-23-20-46(21-30(45-35(47)50-36(2,3)4)34(23)51-52(8,9)37(5,6)7)31-12-14-42-19-29(31)43-18-25-10-11-26(39)33(44-25)32-27(40)16-24(17-28(32)41)38(48)13-15-49-22-38/h10-12,14,16-17,19,23,30,34,43,48H,13,15,18,20-22H2,1-9H3,(H,45,47)/t23-,30+,34+,38?/m0/s1. The number of nitrogens with zero attached hydrogens (tertiary/aromatic N) is 3. The average molecular weight is 744 g/mol. The molecule has 2 aliphatic heterocycles. The zero-order valence-electron chi connectivity index (χ0n) is 31.6. The van der Waals surface area contributed by atoms with E-state index in [4.69, 9.17) is 13.9 Å². The normalized spacial score (nSPS) is 22.7. The third-order valence-electron chi connectivity index (χ3n) is 10.1. The van der Waals surface area contributed by atoms with Crippen LogP contribution in [-0.2, 0) is 26.0 Å². The molecule has 5 rings (SSSR count). The van der Waals surface area contributed by atoms with Crippen LogP contribution in [-0.4, -0.2) is 73.5 Å². The van der Waals surface area contributed by atoms with Gasteiger partial charge in [-0.15, -0.1) is 0 Å². The molecule has 0 saturated carbocycles. The Morgan fingerprint density at radius 1 is 1.08 bits per heavy atom. The van der Waals surface area contributed by atoms with Gasteiger partial charge in [-0.3, -0.25) is 4.98 Å². The van der Waals surface area contributed by atoms with Crippen molar-refractivity contribution >= 4 is 25.8 Å². The SMILES string of the molecule is C[C@H]1CN(c2ccncc2NCc2ccc(F)c(-c3c(F)cc(C4(O)CCOC4)cc3F)n2)C[C@@H](NC(=O)OC(C)(C)C)[C@@H]1O[Si](C)(C)C(C)(C)C. The summed E-state index contributed by atoms with van der Waals surface area (Å²) in [6, 6.07) is 6.05. The second-order valence-electron chi connectivity index (χ2n) is 16.5. The van der Waals surface area contributed by atoms with Crippen molar-refractivity contribution in [2.45, 2.75) is 103 Å². The van der Waals surface area contributed by atoms with Gasteiger partial charge in [0.1, 0.15) is 34.3 Å². The molecular weight excluding hydrogens is 692 g/mol. The summed E-state index contributed by atoms with van der Waals surface area (Å²) in [7, 11) is -2.22. The largest absolute Gasteiger partial charge is 0.444 e. The van der Waals surface area contributed by atoms with Gasteiger partial charge < -0.3 is 34.5 Å². The average Bonchev–Trinajstić information content (AvgIpc) is 3.48. The molecule has 1 aromatic carbocycles. The van der Waals surface area contributed by atoms with Crippen molar-refractivity contribution in [3.05, 3.63) is 71.4 Å². The summed E-state index contributed by atoms with van der Waals surface area (Å²) in [6.07, 6.45) is 2.76. The topological polar surface area (TPSA) is 118 Å². The molecule has 1 amide bonds. The van der Waals surface area contributed by atoms with Gasteiger partial charge in [-0.25, -0.2) is 22.9 Å². The number of halogens is 3. The van der Waals surface area contributed by atoms with Crippen LogP contribution in [0.15, 0.2) is 42.7 Å². The number of aliphatic hydroxyl groups is 1. The lowest BCUT2D eigenvalue weighted by Gasteiger charge is -2.48. The van der Waals surface area contributed by atoms with Crippen molar-refractivity contribution in [3.8, 4) is 11.3 Å². The fraction of sp³-hybridized carbons (Fsp3) is 0.553. The lowest BCUT2D eigenvalue weighted by molar-refractivity contribution is 0.0227. The predicted octanol–water partition coefficient (Wildman–Crippen LogP) is 7.52. The van der Waals surface area contributed by atoms with Gasteiger partial charge in [-0.1, -0.05) is 27.7 Å². The highest BCUT2D eigenvalue weighted by molar-refractivity contribution is 6.74. The molecule has 0 radical (unpaired) electrons. The number of piperidine rings is 1. The molecule has 3 aromatic rings. The molecule has 14 heteroatoms. The molecule has 284 valence electrons. The van der Waals surface area contributed by atoms with Crippen molar-refractivity contribution in [1.82, 2.24) is 15.3 Å². The van der Waals surface area contributed by atoms with Crippen molar-refractivity contribution in [3.63, 3.8) is 0 Å². The number of carbonyl (C=O) groups excluding carboxylic acids is 1. The van der Waals surface area contributed by atoms with Crippen LogP contribution < -0.4 is 15.5 Å². The zero-order chi connectivity index (χ0) is 38.2. The van der Waals surface area contributed by atoms with E-state index in [1.807, 2.05) is 26.8 Å². The number of pyridine rings is 2. The summed E-state index contributed by atoms with van der Waals surface area (Å²) < 4.78 is 63.6. The van der Waals surface area contributed by atoms with Crippen LogP contribution in [0.3, 0.4) is 0 Å². The molecule has 52 heavy (non-hydrogen) atoms. The first-order valence-corrected chi connectivity index (χ1v) is 20.6. The summed E-state index contributed by atoms with van der Waals surface area (Å²) in [5, 5.41) is 17.1. The van der Waals surface area contributed by atoms with Crippen LogP contribution in [0.2, 0.25) is 18.1 Å². The minimum Gasteiger partial charge on any atom is -0.444 e. The molecule has 4 heterocycles. The highest BCUT2D eigenvalue weighted by Crippen LogP contribution is 2.40. The summed E-state index contributed by atoms with van der Waals surface area (Å²) in [4.78, 5) is 23.9. The number of benzene rings is 1. The number of aromatic nitrogens is 2. The van der Waals surface area contributed by atoms with E-state index in [-0.39, 0.29) is 48.8 Å². The lowest BCUT2D eigenvalue weighted by atomic mass is 9.91. The second kappa shape index (κ2) is 15.0. The molecule has 0 aliphatic carbocycles. The fourth-order valence-corrected chi connectivity index (χ4v) is 7.78. The number of carbonyl (C=O) groups is 1. The molecule has 4 atom stereocenters. The van der Waals surface area contributed by atoms with Gasteiger partial charge in [0.05, 0.1) is 54.1 Å². The van der Waals surface area contributed by atoms with E-state index in [0.717, 1.165) is 23.9 Å². The number of ether oxygens (including phenoxy) is 2. The van der Waals surface area contributed by atoms with Crippen LogP contribution in [0.1, 0.15) is 66.1 Å². The van der Waals surface area contributed by atoms with Crippen LogP contribution >= 0.6 is 0 Å². The Labute approximate surface area is 305 Å². The van der Waals surface area contributed by atoms with Gasteiger partial charge in [0.2, 0.25) is 0 Å². The second-order valence-corrected chi connectivity index (χ2v) is 21.3. The van der Waals surface area contributed by atoms with Crippen LogP contribution in [0.5, 0.6) is 0 Å². The summed E-state index contributed by atoms with van der Waals surface area (Å²) >= 11 is 0. The van der Waals surface area contributed by atoms with Gasteiger partial charge in [0, 0.05) is 38.2 Å². The Balaban J connectivity index is 1.38. The highest BCUT2D eigenvalue weighted by atomic mass is 28.4. The van der Waals surface area contributed by atoms with E-state index in [9.17, 15) is 9.90 Å². The smallest absolute Gasteiger partial charge is 0.408 e. The molecule has 2 aliphatic rings. The minimum absolute atomic E-state index is 0.0169. The number of nitrogens with one attached hydrogen (secondary N) is 2. The summed E-state index contributed by atoms with van der Waals surface area (Å²) in [5.74, 6) is -2.94. The number of amides is 1. The first-order chi connectivity index (χ1) is 24.2. The maximum absolute atomic E-state index is 15.4. The lowest BCUT2D eigenvalue weighted by Crippen LogP contribution is -2.62. The molecule has 3 N–H and O–H groups in total. The van der Waals surface area contributed by atoms with E-state index in [2.05, 4.69) is 66.3 Å².